The molecular weight excluding hydrogens is 447 g/mol. The number of hydrogen-bond acceptors (Lipinski definition) is 4. The molecule has 0 saturated carbocycles. The Hall–Kier alpha value is -3.58. The van der Waals surface area contributed by atoms with Gasteiger partial charge in [-0.2, -0.15) is 0 Å². The lowest BCUT2D eigenvalue weighted by Crippen LogP contribution is -2.12. The highest BCUT2D eigenvalue weighted by Gasteiger charge is 2.08. The van der Waals surface area contributed by atoms with E-state index in [1.807, 2.05) is 30.3 Å². The third-order valence-electron chi connectivity index (χ3n) is 4.24. The van der Waals surface area contributed by atoms with Crippen molar-refractivity contribution in [1.82, 2.24) is 9.97 Å². The van der Waals surface area contributed by atoms with Gasteiger partial charge in [-0.25, -0.2) is 14.4 Å². The minimum Gasteiger partial charge on any atom is -0.340 e. The Morgan fingerprint density at radius 1 is 0.900 bits per heavy atom. The van der Waals surface area contributed by atoms with E-state index in [-0.39, 0.29) is 11.7 Å². The van der Waals surface area contributed by atoms with Gasteiger partial charge in [-0.3, -0.25) is 4.79 Å². The Kier molecular flexibility index (Phi) is 5.81. The zero-order chi connectivity index (χ0) is 20.9. The lowest BCUT2D eigenvalue weighted by atomic mass is 10.1. The van der Waals surface area contributed by atoms with E-state index in [1.54, 1.807) is 42.6 Å². The fraction of sp³-hybridized carbons (Fsp3) is 0. The minimum atomic E-state index is -0.314. The van der Waals surface area contributed by atoms with Gasteiger partial charge in [0.2, 0.25) is 0 Å². The fourth-order valence-electron chi connectivity index (χ4n) is 2.82. The van der Waals surface area contributed by atoms with Crippen LogP contribution >= 0.6 is 15.9 Å². The Balaban J connectivity index is 1.51. The van der Waals surface area contributed by atoms with Gasteiger partial charge in [0.15, 0.2) is 5.82 Å². The van der Waals surface area contributed by atoms with Crippen LogP contribution in [0.2, 0.25) is 0 Å². The van der Waals surface area contributed by atoms with Crippen LogP contribution in [0.1, 0.15) is 10.4 Å². The van der Waals surface area contributed by atoms with Gasteiger partial charge in [0.05, 0.1) is 0 Å². The topological polar surface area (TPSA) is 66.9 Å². The van der Waals surface area contributed by atoms with Crippen LogP contribution < -0.4 is 10.6 Å². The van der Waals surface area contributed by atoms with Crippen LogP contribution in [-0.4, -0.2) is 15.9 Å². The third kappa shape index (κ3) is 4.87. The molecule has 0 aliphatic rings. The second-order valence-electron chi connectivity index (χ2n) is 6.44. The van der Waals surface area contributed by atoms with Crippen molar-refractivity contribution in [2.75, 3.05) is 10.6 Å². The van der Waals surface area contributed by atoms with Crippen LogP contribution in [0.3, 0.4) is 0 Å². The normalized spacial score (nSPS) is 10.5. The number of carbonyl (C=O) groups excluding carboxylic acids is 1. The molecule has 1 amide bonds. The number of nitrogens with zero attached hydrogens (tertiary/aromatic N) is 2. The lowest BCUT2D eigenvalue weighted by molar-refractivity contribution is 0.102. The molecular formula is C23H16BrFN4O. The van der Waals surface area contributed by atoms with Crippen LogP contribution in [-0.2, 0) is 0 Å². The number of hydrogen-bond donors (Lipinski definition) is 2. The number of nitrogens with one attached hydrogen (secondary N) is 2. The van der Waals surface area contributed by atoms with Gasteiger partial charge in [0.25, 0.3) is 5.91 Å². The molecule has 4 rings (SSSR count). The summed E-state index contributed by atoms with van der Waals surface area (Å²) in [6.07, 6.45) is 1.62. The quantitative estimate of drug-likeness (QED) is 0.379. The van der Waals surface area contributed by atoms with Crippen molar-refractivity contribution >= 4 is 39.0 Å². The van der Waals surface area contributed by atoms with E-state index in [2.05, 4.69) is 36.5 Å². The largest absolute Gasteiger partial charge is 0.340 e. The first-order valence-corrected chi connectivity index (χ1v) is 9.89. The molecule has 1 aromatic heterocycles. The first-order valence-electron chi connectivity index (χ1n) is 9.10. The molecule has 0 aliphatic carbocycles. The minimum absolute atomic E-state index is 0.216. The Labute approximate surface area is 181 Å². The van der Waals surface area contributed by atoms with E-state index < -0.39 is 0 Å². The first kappa shape index (κ1) is 19.7. The highest BCUT2D eigenvalue weighted by Crippen LogP contribution is 2.21. The summed E-state index contributed by atoms with van der Waals surface area (Å²) >= 11 is 3.39. The monoisotopic (exact) mass is 462 g/mol. The van der Waals surface area contributed by atoms with E-state index in [0.717, 1.165) is 4.47 Å². The Morgan fingerprint density at radius 2 is 1.67 bits per heavy atom. The molecule has 0 aliphatic heterocycles. The predicted octanol–water partition coefficient (Wildman–Crippen LogP) is 6.04. The second-order valence-corrected chi connectivity index (χ2v) is 7.36. The molecule has 0 fully saturated rings. The third-order valence-corrected chi connectivity index (χ3v) is 4.73. The number of anilines is 3. The SMILES string of the molecule is O=C(Nc1cccc(Br)c1)c1cccc(Nc2ccnc(-c3ccc(F)cc3)n2)c1. The van der Waals surface area contributed by atoms with Crippen LogP contribution in [0.5, 0.6) is 0 Å². The van der Waals surface area contributed by atoms with Crippen molar-refractivity contribution in [3.05, 3.63) is 101 Å². The molecule has 1 heterocycles. The predicted molar refractivity (Wildman–Crippen MR) is 119 cm³/mol. The van der Waals surface area contributed by atoms with Crippen molar-refractivity contribution in [2.45, 2.75) is 0 Å². The molecule has 0 radical (unpaired) electrons. The Bertz CT molecular complexity index is 1200. The van der Waals surface area contributed by atoms with Crippen LogP contribution in [0.4, 0.5) is 21.6 Å². The lowest BCUT2D eigenvalue weighted by Gasteiger charge is -2.10. The maximum Gasteiger partial charge on any atom is 0.255 e. The second kappa shape index (κ2) is 8.84. The summed E-state index contributed by atoms with van der Waals surface area (Å²) in [5.41, 5.74) is 2.63. The van der Waals surface area contributed by atoms with E-state index >= 15 is 0 Å². The summed E-state index contributed by atoms with van der Waals surface area (Å²) in [6, 6.07) is 22.2. The van der Waals surface area contributed by atoms with Crippen molar-refractivity contribution in [1.29, 1.82) is 0 Å². The van der Waals surface area contributed by atoms with E-state index in [1.165, 1.54) is 12.1 Å². The van der Waals surface area contributed by atoms with E-state index in [4.69, 9.17) is 0 Å². The number of amides is 1. The van der Waals surface area contributed by atoms with Crippen molar-refractivity contribution in [3.63, 3.8) is 0 Å². The summed E-state index contributed by atoms with van der Waals surface area (Å²) in [5.74, 6) is 0.509. The molecule has 0 saturated heterocycles. The molecule has 5 nitrogen and oxygen atoms in total. The molecule has 0 unspecified atom stereocenters. The zero-order valence-electron chi connectivity index (χ0n) is 15.6. The molecule has 2 N–H and O–H groups in total. The van der Waals surface area contributed by atoms with Crippen molar-refractivity contribution < 1.29 is 9.18 Å². The van der Waals surface area contributed by atoms with Gasteiger partial charge in [-0.1, -0.05) is 28.1 Å². The Morgan fingerprint density at radius 3 is 2.47 bits per heavy atom. The van der Waals surface area contributed by atoms with Crippen molar-refractivity contribution in [2.24, 2.45) is 0 Å². The summed E-state index contributed by atoms with van der Waals surface area (Å²) in [4.78, 5) is 21.3. The maximum absolute atomic E-state index is 13.1. The van der Waals surface area contributed by atoms with Crippen LogP contribution in [0, 0.1) is 5.82 Å². The standard InChI is InChI=1S/C23H16BrFN4O/c24-17-4-2-6-20(14-17)28-23(30)16-3-1-5-19(13-16)27-21-11-12-26-22(29-21)15-7-9-18(25)10-8-15/h1-14H,(H,28,30)(H,26,27,29). The van der Waals surface area contributed by atoms with Gasteiger partial charge >= 0.3 is 0 Å². The highest BCUT2D eigenvalue weighted by atomic mass is 79.9. The molecule has 0 spiro atoms. The number of halogens is 2. The zero-order valence-corrected chi connectivity index (χ0v) is 17.2. The molecule has 7 heteroatoms. The van der Waals surface area contributed by atoms with Gasteiger partial charge < -0.3 is 10.6 Å². The number of carbonyl (C=O) groups is 1. The molecule has 3 aromatic carbocycles. The molecule has 0 bridgehead atoms. The fourth-order valence-corrected chi connectivity index (χ4v) is 3.22. The molecule has 30 heavy (non-hydrogen) atoms. The van der Waals surface area contributed by atoms with Gasteiger partial charge in [0, 0.05) is 33.2 Å². The maximum atomic E-state index is 13.1. The average molecular weight is 463 g/mol. The summed E-state index contributed by atoms with van der Waals surface area (Å²) in [7, 11) is 0. The highest BCUT2D eigenvalue weighted by molar-refractivity contribution is 9.10. The van der Waals surface area contributed by atoms with Crippen molar-refractivity contribution in [3.8, 4) is 11.4 Å². The summed E-state index contributed by atoms with van der Waals surface area (Å²) in [5, 5.41) is 6.05. The van der Waals surface area contributed by atoms with Crippen LogP contribution in [0.15, 0.2) is 89.5 Å². The summed E-state index contributed by atoms with van der Waals surface area (Å²) < 4.78 is 14.0. The summed E-state index contributed by atoms with van der Waals surface area (Å²) in [6.45, 7) is 0. The number of rotatable bonds is 5. The number of benzene rings is 3. The van der Waals surface area contributed by atoms with Gasteiger partial charge in [0.1, 0.15) is 11.6 Å². The van der Waals surface area contributed by atoms with Gasteiger partial charge in [-0.15, -0.1) is 0 Å². The average Bonchev–Trinajstić information content (AvgIpc) is 2.75. The smallest absolute Gasteiger partial charge is 0.255 e. The van der Waals surface area contributed by atoms with Gasteiger partial charge in [-0.05, 0) is 66.7 Å². The molecule has 148 valence electrons. The van der Waals surface area contributed by atoms with E-state index in [0.29, 0.717) is 34.1 Å². The van der Waals surface area contributed by atoms with Crippen LogP contribution in [0.25, 0.3) is 11.4 Å². The van der Waals surface area contributed by atoms with E-state index in [9.17, 15) is 9.18 Å². The first-order chi connectivity index (χ1) is 14.6. The molecule has 0 atom stereocenters. The number of aromatic nitrogens is 2. The molecule has 4 aromatic rings.